The Morgan fingerprint density at radius 1 is 1.31 bits per heavy atom. The highest BCUT2D eigenvalue weighted by molar-refractivity contribution is 7.92. The molecule has 2 N–H and O–H groups in total. The number of halogens is 3. The third-order valence-corrected chi connectivity index (χ3v) is 4.84. The van der Waals surface area contributed by atoms with Crippen LogP contribution in [0.1, 0.15) is 26.7 Å². The van der Waals surface area contributed by atoms with E-state index in [-0.39, 0.29) is 12.5 Å². The van der Waals surface area contributed by atoms with Crippen molar-refractivity contribution in [3.63, 3.8) is 0 Å². The van der Waals surface area contributed by atoms with Gasteiger partial charge in [-0.3, -0.25) is 0 Å². The molecule has 0 saturated heterocycles. The van der Waals surface area contributed by atoms with Crippen LogP contribution in [-0.2, 0) is 9.84 Å². The van der Waals surface area contributed by atoms with Crippen molar-refractivity contribution in [1.29, 1.82) is 0 Å². The van der Waals surface area contributed by atoms with Crippen molar-refractivity contribution >= 4 is 9.84 Å². The summed E-state index contributed by atoms with van der Waals surface area (Å²) in [6.45, 7) is 3.07. The molecule has 0 saturated carbocycles. The summed E-state index contributed by atoms with van der Waals surface area (Å²) in [4.78, 5) is 0. The summed E-state index contributed by atoms with van der Waals surface area (Å²) in [7, 11) is -4.16. The van der Waals surface area contributed by atoms with E-state index < -0.39 is 33.4 Å². The monoisotopic (exact) mass is 261 g/mol. The van der Waals surface area contributed by atoms with Crippen LogP contribution in [0.2, 0.25) is 0 Å². The fourth-order valence-electron chi connectivity index (χ4n) is 1.33. The smallest absolute Gasteiger partial charge is 0.330 e. The van der Waals surface area contributed by atoms with Gasteiger partial charge in [-0.15, -0.1) is 0 Å². The topological polar surface area (TPSA) is 60.2 Å². The minimum absolute atomic E-state index is 0.271. The molecule has 0 heterocycles. The standard InChI is InChI=1S/C9H18F3NO2S/c1-3-7(2)6-16(14,15)8(4-5-13)9(10,11)12/h7-8H,3-6,13H2,1-2H3. The molecule has 2 unspecified atom stereocenters. The summed E-state index contributed by atoms with van der Waals surface area (Å²) in [5, 5.41) is -2.32. The van der Waals surface area contributed by atoms with Gasteiger partial charge in [0, 0.05) is 0 Å². The molecule has 0 spiro atoms. The zero-order valence-corrected chi connectivity index (χ0v) is 10.2. The van der Waals surface area contributed by atoms with E-state index in [1.54, 1.807) is 13.8 Å². The SMILES string of the molecule is CCC(C)CS(=O)(=O)C(CCN)C(F)(F)F. The van der Waals surface area contributed by atoms with Crippen LogP contribution in [0.25, 0.3) is 0 Å². The van der Waals surface area contributed by atoms with Crippen molar-refractivity contribution in [2.24, 2.45) is 11.7 Å². The minimum Gasteiger partial charge on any atom is -0.330 e. The fourth-order valence-corrected chi connectivity index (χ4v) is 3.49. The maximum absolute atomic E-state index is 12.5. The summed E-state index contributed by atoms with van der Waals surface area (Å²) < 4.78 is 60.7. The van der Waals surface area contributed by atoms with E-state index in [1.165, 1.54) is 0 Å². The van der Waals surface area contributed by atoms with E-state index in [1.807, 2.05) is 0 Å². The largest absolute Gasteiger partial charge is 0.405 e. The number of sulfone groups is 1. The Morgan fingerprint density at radius 2 is 1.81 bits per heavy atom. The first-order valence-electron chi connectivity index (χ1n) is 5.13. The van der Waals surface area contributed by atoms with Gasteiger partial charge in [0.25, 0.3) is 0 Å². The fraction of sp³-hybridized carbons (Fsp3) is 1.00. The molecule has 0 bridgehead atoms. The zero-order valence-electron chi connectivity index (χ0n) is 9.42. The second kappa shape index (κ2) is 5.86. The molecule has 2 atom stereocenters. The predicted molar refractivity (Wildman–Crippen MR) is 56.8 cm³/mol. The average Bonchev–Trinajstić information content (AvgIpc) is 2.11. The van der Waals surface area contributed by atoms with E-state index in [9.17, 15) is 21.6 Å². The summed E-state index contributed by atoms with van der Waals surface area (Å²) in [6.07, 6.45) is -4.76. The summed E-state index contributed by atoms with van der Waals surface area (Å²) in [6, 6.07) is 0. The van der Waals surface area contributed by atoms with Crippen LogP contribution in [-0.4, -0.2) is 32.1 Å². The first-order valence-corrected chi connectivity index (χ1v) is 6.85. The lowest BCUT2D eigenvalue weighted by Gasteiger charge is -2.21. The van der Waals surface area contributed by atoms with Gasteiger partial charge in [0.05, 0.1) is 5.75 Å². The van der Waals surface area contributed by atoms with Crippen LogP contribution in [0.15, 0.2) is 0 Å². The summed E-state index contributed by atoms with van der Waals surface area (Å²) in [5.41, 5.74) is 5.02. The molecule has 0 aliphatic heterocycles. The first kappa shape index (κ1) is 15.7. The normalized spacial score (nSPS) is 17.1. The zero-order chi connectivity index (χ0) is 13.0. The van der Waals surface area contributed by atoms with Crippen molar-refractivity contribution in [1.82, 2.24) is 0 Å². The molecular weight excluding hydrogens is 243 g/mol. The molecule has 0 aromatic carbocycles. The second-order valence-corrected chi connectivity index (χ2v) is 6.18. The van der Waals surface area contributed by atoms with Gasteiger partial charge in [-0.1, -0.05) is 20.3 Å². The lowest BCUT2D eigenvalue weighted by Crippen LogP contribution is -2.40. The van der Waals surface area contributed by atoms with Crippen LogP contribution in [0.4, 0.5) is 13.2 Å². The number of alkyl halides is 3. The van der Waals surface area contributed by atoms with E-state index in [4.69, 9.17) is 5.73 Å². The molecule has 0 amide bonds. The minimum atomic E-state index is -4.73. The van der Waals surface area contributed by atoms with Gasteiger partial charge < -0.3 is 5.73 Å². The van der Waals surface area contributed by atoms with Gasteiger partial charge in [-0.25, -0.2) is 8.42 Å². The van der Waals surface area contributed by atoms with Crippen molar-refractivity contribution < 1.29 is 21.6 Å². The van der Waals surface area contributed by atoms with Crippen LogP contribution in [0.5, 0.6) is 0 Å². The molecule has 0 aliphatic rings. The van der Waals surface area contributed by atoms with Gasteiger partial charge in [0.2, 0.25) is 0 Å². The molecule has 7 heteroatoms. The number of hydrogen-bond acceptors (Lipinski definition) is 3. The molecule has 0 fully saturated rings. The van der Waals surface area contributed by atoms with E-state index >= 15 is 0 Å². The molecule has 3 nitrogen and oxygen atoms in total. The Balaban J connectivity index is 4.91. The Hall–Kier alpha value is -0.300. The predicted octanol–water partition coefficient (Wildman–Crippen LogP) is 1.73. The van der Waals surface area contributed by atoms with Crippen molar-refractivity contribution in [3.8, 4) is 0 Å². The van der Waals surface area contributed by atoms with Crippen LogP contribution >= 0.6 is 0 Å². The second-order valence-electron chi connectivity index (χ2n) is 3.95. The molecule has 0 aromatic heterocycles. The number of rotatable bonds is 6. The molecule has 16 heavy (non-hydrogen) atoms. The van der Waals surface area contributed by atoms with Gasteiger partial charge >= 0.3 is 6.18 Å². The van der Waals surface area contributed by atoms with Crippen LogP contribution in [0, 0.1) is 5.92 Å². The molecule has 0 rings (SSSR count). The maximum Gasteiger partial charge on any atom is 0.405 e. The molecule has 98 valence electrons. The van der Waals surface area contributed by atoms with Gasteiger partial charge in [-0.2, -0.15) is 13.2 Å². The summed E-state index contributed by atoms with van der Waals surface area (Å²) >= 11 is 0. The quantitative estimate of drug-likeness (QED) is 0.792. The van der Waals surface area contributed by atoms with Gasteiger partial charge in [0.15, 0.2) is 15.1 Å². The maximum atomic E-state index is 12.5. The van der Waals surface area contributed by atoms with E-state index in [0.29, 0.717) is 6.42 Å². The molecule has 0 aromatic rings. The Labute approximate surface area is 94.1 Å². The highest BCUT2D eigenvalue weighted by Crippen LogP contribution is 2.29. The Kier molecular flexibility index (Phi) is 5.75. The van der Waals surface area contributed by atoms with Gasteiger partial charge in [-0.05, 0) is 18.9 Å². The first-order chi connectivity index (χ1) is 7.15. The number of hydrogen-bond donors (Lipinski definition) is 1. The van der Waals surface area contributed by atoms with E-state index in [2.05, 4.69) is 0 Å². The molecular formula is C9H18F3NO2S. The van der Waals surface area contributed by atoms with Crippen molar-refractivity contribution in [2.45, 2.75) is 38.1 Å². The van der Waals surface area contributed by atoms with Crippen LogP contribution < -0.4 is 5.73 Å². The Bertz CT molecular complexity index is 300. The van der Waals surface area contributed by atoms with Crippen molar-refractivity contribution in [3.05, 3.63) is 0 Å². The highest BCUT2D eigenvalue weighted by Gasteiger charge is 2.47. The lowest BCUT2D eigenvalue weighted by atomic mass is 10.2. The third kappa shape index (κ3) is 4.69. The average molecular weight is 261 g/mol. The molecule has 0 radical (unpaired) electrons. The summed E-state index contributed by atoms with van der Waals surface area (Å²) in [5.74, 6) is -0.708. The van der Waals surface area contributed by atoms with Gasteiger partial charge in [0.1, 0.15) is 0 Å². The van der Waals surface area contributed by atoms with Crippen LogP contribution in [0.3, 0.4) is 0 Å². The lowest BCUT2D eigenvalue weighted by molar-refractivity contribution is -0.131. The van der Waals surface area contributed by atoms with Crippen molar-refractivity contribution in [2.75, 3.05) is 12.3 Å². The number of nitrogens with two attached hydrogens (primary N) is 1. The highest BCUT2D eigenvalue weighted by atomic mass is 32.2. The Morgan fingerprint density at radius 3 is 2.12 bits per heavy atom. The third-order valence-electron chi connectivity index (χ3n) is 2.44. The van der Waals surface area contributed by atoms with E-state index in [0.717, 1.165) is 0 Å². The molecule has 0 aliphatic carbocycles.